The minimum atomic E-state index is -0.331. The summed E-state index contributed by atoms with van der Waals surface area (Å²) < 4.78 is 25.5. The van der Waals surface area contributed by atoms with Gasteiger partial charge in [-0.05, 0) is 44.0 Å². The van der Waals surface area contributed by atoms with Gasteiger partial charge in [0.25, 0.3) is 0 Å². The molecule has 28 heavy (non-hydrogen) atoms. The molecule has 3 heterocycles. The third-order valence-corrected chi connectivity index (χ3v) is 6.40. The van der Waals surface area contributed by atoms with Crippen molar-refractivity contribution < 1.29 is 23.5 Å². The molecule has 0 unspecified atom stereocenters. The second-order valence-corrected chi connectivity index (χ2v) is 8.32. The smallest absolute Gasteiger partial charge is 0.223 e. The summed E-state index contributed by atoms with van der Waals surface area (Å²) in [4.78, 5) is 25.3. The topological polar surface area (TPSA) is 64.6 Å². The molecule has 0 radical (unpaired) electrons. The number of hydrogen-bond donors (Lipinski definition) is 1. The maximum atomic E-state index is 14.2. The molecule has 1 saturated heterocycles. The van der Waals surface area contributed by atoms with Crippen molar-refractivity contribution in [1.29, 1.82) is 0 Å². The molecule has 0 saturated carbocycles. The van der Waals surface area contributed by atoms with Crippen LogP contribution in [0, 0.1) is 11.7 Å². The highest BCUT2D eigenvalue weighted by Gasteiger charge is 2.29. The van der Waals surface area contributed by atoms with E-state index in [1.165, 1.54) is 30.4 Å². The summed E-state index contributed by atoms with van der Waals surface area (Å²) in [5, 5.41) is 2.97. The first-order valence-corrected chi connectivity index (χ1v) is 10.3. The lowest BCUT2D eigenvalue weighted by molar-refractivity contribution is -0.128. The van der Waals surface area contributed by atoms with Crippen LogP contribution in [-0.2, 0) is 16.0 Å². The van der Waals surface area contributed by atoms with Crippen LogP contribution in [0.4, 0.5) is 4.39 Å². The molecule has 1 N–H and O–H groups in total. The van der Waals surface area contributed by atoms with E-state index in [-0.39, 0.29) is 29.5 Å². The second kappa shape index (κ2) is 8.01. The first-order chi connectivity index (χ1) is 13.5. The van der Waals surface area contributed by atoms with Gasteiger partial charge in [-0.2, -0.15) is 0 Å². The molecule has 148 valence electrons. The van der Waals surface area contributed by atoms with E-state index in [1.54, 1.807) is 6.07 Å². The molecule has 2 aliphatic heterocycles. The van der Waals surface area contributed by atoms with Gasteiger partial charge in [-0.15, -0.1) is 11.3 Å². The molecule has 1 aromatic heterocycles. The molecule has 1 amide bonds. The fourth-order valence-corrected chi connectivity index (χ4v) is 4.60. The highest BCUT2D eigenvalue weighted by molar-refractivity contribution is 7.17. The summed E-state index contributed by atoms with van der Waals surface area (Å²) in [5.41, 5.74) is 1.45. The van der Waals surface area contributed by atoms with Gasteiger partial charge >= 0.3 is 0 Å². The van der Waals surface area contributed by atoms with E-state index < -0.39 is 0 Å². The maximum absolute atomic E-state index is 14.2. The van der Waals surface area contributed by atoms with Crippen molar-refractivity contribution in [3.05, 3.63) is 40.5 Å². The number of ether oxygens (including phenoxy) is 2. The van der Waals surface area contributed by atoms with Crippen LogP contribution >= 0.6 is 11.3 Å². The van der Waals surface area contributed by atoms with Crippen molar-refractivity contribution >= 4 is 23.0 Å². The molecule has 0 aliphatic carbocycles. The predicted octanol–water partition coefficient (Wildman–Crippen LogP) is 3.60. The van der Waals surface area contributed by atoms with E-state index in [0.29, 0.717) is 42.4 Å². The molecule has 0 spiro atoms. The quantitative estimate of drug-likeness (QED) is 0.775. The van der Waals surface area contributed by atoms with Crippen LogP contribution in [0.5, 0.6) is 5.75 Å². The number of carbonyl (C=O) groups excluding carboxylic acids is 2. The fourth-order valence-electron chi connectivity index (χ4n) is 3.68. The van der Waals surface area contributed by atoms with E-state index in [2.05, 4.69) is 5.32 Å². The molecule has 5 nitrogen and oxygen atoms in total. The Morgan fingerprint density at radius 1 is 1.25 bits per heavy atom. The molecule has 1 aromatic carbocycles. The average Bonchev–Trinajstić information content (AvgIpc) is 3.33. The van der Waals surface area contributed by atoms with Gasteiger partial charge in [-0.3, -0.25) is 9.59 Å². The van der Waals surface area contributed by atoms with Crippen LogP contribution in [0.3, 0.4) is 0 Å². The Balaban J connectivity index is 1.46. The van der Waals surface area contributed by atoms with Gasteiger partial charge in [-0.1, -0.05) is 0 Å². The zero-order chi connectivity index (χ0) is 19.7. The first kappa shape index (κ1) is 19.1. The normalized spacial score (nSPS) is 19.1. The van der Waals surface area contributed by atoms with Gasteiger partial charge in [-0.25, -0.2) is 4.39 Å². The number of Topliss-reactive ketones (excluding diaryl/α,β-unsaturated/α-hetero) is 1. The Bertz CT molecular complexity index is 904. The van der Waals surface area contributed by atoms with Crippen molar-refractivity contribution in [3.8, 4) is 16.2 Å². The number of carbonyl (C=O) groups is 2. The van der Waals surface area contributed by atoms with Crippen molar-refractivity contribution in [2.75, 3.05) is 19.8 Å². The number of thiophene rings is 1. The third-order valence-electron chi connectivity index (χ3n) is 5.18. The summed E-state index contributed by atoms with van der Waals surface area (Å²) in [6.45, 7) is 3.14. The van der Waals surface area contributed by atoms with Crippen LogP contribution in [-0.4, -0.2) is 37.6 Å². The standard InChI is InChI=1S/C21H22FNO4S/c1-12(24)18-2-3-19(28-18)17-10-15(22)8-14-9-16(27-20(14)17)11-23-21(25)13-4-6-26-7-5-13/h2-3,8,10,13,16H,4-7,9,11H2,1H3,(H,23,25)/t16-/m1/s1. The number of nitrogens with one attached hydrogen (secondary N) is 1. The van der Waals surface area contributed by atoms with Gasteiger partial charge in [0.2, 0.25) is 5.91 Å². The molecule has 1 fully saturated rings. The largest absolute Gasteiger partial charge is 0.487 e. The van der Waals surface area contributed by atoms with Gasteiger partial charge in [0.05, 0.1) is 11.4 Å². The highest BCUT2D eigenvalue weighted by atomic mass is 32.1. The zero-order valence-corrected chi connectivity index (χ0v) is 16.4. The van der Waals surface area contributed by atoms with Gasteiger partial charge < -0.3 is 14.8 Å². The lowest BCUT2D eigenvalue weighted by Crippen LogP contribution is -2.39. The van der Waals surface area contributed by atoms with Crippen molar-refractivity contribution in [1.82, 2.24) is 5.32 Å². The minimum Gasteiger partial charge on any atom is -0.487 e. The minimum absolute atomic E-state index is 0.0124. The Hall–Kier alpha value is -2.25. The predicted molar refractivity (Wildman–Crippen MR) is 104 cm³/mol. The molecular formula is C21H22FNO4S. The van der Waals surface area contributed by atoms with E-state index >= 15 is 0 Å². The Morgan fingerprint density at radius 3 is 2.75 bits per heavy atom. The zero-order valence-electron chi connectivity index (χ0n) is 15.6. The molecule has 1 atom stereocenters. The summed E-state index contributed by atoms with van der Waals surface area (Å²) in [7, 11) is 0. The average molecular weight is 403 g/mol. The number of ketones is 1. The van der Waals surface area contributed by atoms with Crippen molar-refractivity contribution in [2.45, 2.75) is 32.3 Å². The summed E-state index contributed by atoms with van der Waals surface area (Å²) >= 11 is 1.33. The van der Waals surface area contributed by atoms with Crippen LogP contribution in [0.1, 0.15) is 35.0 Å². The van der Waals surface area contributed by atoms with E-state index in [4.69, 9.17) is 9.47 Å². The van der Waals surface area contributed by atoms with Crippen molar-refractivity contribution in [2.24, 2.45) is 5.92 Å². The number of benzene rings is 1. The molecular weight excluding hydrogens is 381 g/mol. The number of fused-ring (bicyclic) bond motifs is 1. The number of hydrogen-bond acceptors (Lipinski definition) is 5. The number of rotatable bonds is 5. The van der Waals surface area contributed by atoms with Crippen molar-refractivity contribution in [3.63, 3.8) is 0 Å². The van der Waals surface area contributed by atoms with E-state index in [1.807, 2.05) is 6.07 Å². The molecule has 2 aliphatic rings. The number of halogens is 1. The second-order valence-electron chi connectivity index (χ2n) is 7.24. The lowest BCUT2D eigenvalue weighted by Gasteiger charge is -2.22. The fraction of sp³-hybridized carbons (Fsp3) is 0.429. The SMILES string of the molecule is CC(=O)c1ccc(-c2cc(F)cc3c2O[C@@H](CNC(=O)C2CCOCC2)C3)s1. The third kappa shape index (κ3) is 3.95. The maximum Gasteiger partial charge on any atom is 0.223 e. The van der Waals surface area contributed by atoms with E-state index in [9.17, 15) is 14.0 Å². The summed E-state index contributed by atoms with van der Waals surface area (Å²) in [6.07, 6.45) is 1.79. The Kier molecular flexibility index (Phi) is 5.46. The monoisotopic (exact) mass is 403 g/mol. The molecule has 0 bridgehead atoms. The lowest BCUT2D eigenvalue weighted by atomic mass is 9.99. The van der Waals surface area contributed by atoms with Crippen LogP contribution in [0.15, 0.2) is 24.3 Å². The summed E-state index contributed by atoms with van der Waals surface area (Å²) in [5.74, 6) is 0.310. The number of amides is 1. The van der Waals surface area contributed by atoms with Gasteiger partial charge in [0, 0.05) is 41.6 Å². The van der Waals surface area contributed by atoms with Gasteiger partial charge in [0.15, 0.2) is 5.78 Å². The van der Waals surface area contributed by atoms with E-state index in [0.717, 1.165) is 23.3 Å². The van der Waals surface area contributed by atoms with Crippen LogP contribution < -0.4 is 10.1 Å². The van der Waals surface area contributed by atoms with Gasteiger partial charge in [0.1, 0.15) is 17.7 Å². The highest BCUT2D eigenvalue weighted by Crippen LogP contribution is 2.42. The van der Waals surface area contributed by atoms with Crippen LogP contribution in [0.25, 0.3) is 10.4 Å². The summed E-state index contributed by atoms with van der Waals surface area (Å²) in [6, 6.07) is 6.50. The first-order valence-electron chi connectivity index (χ1n) is 9.47. The molecule has 4 rings (SSSR count). The molecule has 7 heteroatoms. The Morgan fingerprint density at radius 2 is 2.04 bits per heavy atom. The molecule has 2 aromatic rings. The van der Waals surface area contributed by atoms with Crippen LogP contribution in [0.2, 0.25) is 0 Å². The Labute approximate surface area is 166 Å².